The van der Waals surface area contributed by atoms with E-state index in [2.05, 4.69) is 0 Å². The van der Waals surface area contributed by atoms with Gasteiger partial charge in [-0.15, -0.1) is 12.4 Å². The topological polar surface area (TPSA) is 55.5 Å². The zero-order valence-electron chi connectivity index (χ0n) is 7.61. The predicted octanol–water partition coefficient (Wildman–Crippen LogP) is 1.14. The van der Waals surface area contributed by atoms with Crippen LogP contribution >= 0.6 is 12.4 Å². The highest BCUT2D eigenvalue weighted by molar-refractivity contribution is 5.85. The first kappa shape index (κ1) is 12.2. The summed E-state index contributed by atoms with van der Waals surface area (Å²) in [6.45, 7) is 0.0245. The van der Waals surface area contributed by atoms with Gasteiger partial charge < -0.3 is 15.6 Å². The summed E-state index contributed by atoms with van der Waals surface area (Å²) in [7, 11) is 0. The van der Waals surface area contributed by atoms with Crippen LogP contribution in [0.3, 0.4) is 0 Å². The van der Waals surface area contributed by atoms with Gasteiger partial charge in [0.2, 0.25) is 0 Å². The third-order valence-electron chi connectivity index (χ3n) is 2.18. The maximum absolute atomic E-state index is 13.1. The largest absolute Gasteiger partial charge is 0.488 e. The second-order valence-electron chi connectivity index (χ2n) is 3.23. The molecule has 3 nitrogen and oxygen atoms in total. The van der Waals surface area contributed by atoms with Crippen molar-refractivity contribution in [3.05, 3.63) is 29.3 Å². The molecule has 0 radical (unpaired) electrons. The molecule has 1 aliphatic heterocycles. The van der Waals surface area contributed by atoms with Crippen molar-refractivity contribution in [2.24, 2.45) is 5.73 Å². The molecular weight excluding hydrogens is 228 g/mol. The van der Waals surface area contributed by atoms with E-state index in [9.17, 15) is 13.9 Å². The molecule has 0 aliphatic carbocycles. The summed E-state index contributed by atoms with van der Waals surface area (Å²) in [5.41, 5.74) is 5.54. The van der Waals surface area contributed by atoms with Crippen molar-refractivity contribution in [1.29, 1.82) is 0 Å². The number of fused-ring (bicyclic) bond motifs is 1. The number of halogens is 3. The molecule has 0 fully saturated rings. The molecule has 0 saturated carbocycles. The average molecular weight is 238 g/mol. The summed E-state index contributed by atoms with van der Waals surface area (Å²) in [4.78, 5) is 0. The lowest BCUT2D eigenvalue weighted by molar-refractivity contribution is 0.0880. The Morgan fingerprint density at radius 2 is 2.07 bits per heavy atom. The lowest BCUT2D eigenvalue weighted by Gasteiger charge is -2.27. The molecular formula is C9H10ClF2NO2. The minimum Gasteiger partial charge on any atom is -0.488 e. The van der Waals surface area contributed by atoms with Gasteiger partial charge in [-0.2, -0.15) is 0 Å². The zero-order valence-corrected chi connectivity index (χ0v) is 8.43. The maximum Gasteiger partial charge on any atom is 0.168 e. The van der Waals surface area contributed by atoms with E-state index >= 15 is 0 Å². The van der Waals surface area contributed by atoms with Crippen LogP contribution in [0.25, 0.3) is 0 Å². The van der Waals surface area contributed by atoms with E-state index in [0.29, 0.717) is 6.07 Å². The van der Waals surface area contributed by atoms with Gasteiger partial charge in [0.25, 0.3) is 0 Å². The van der Waals surface area contributed by atoms with E-state index in [0.717, 1.165) is 6.07 Å². The van der Waals surface area contributed by atoms with Crippen LogP contribution in [0.5, 0.6) is 5.75 Å². The van der Waals surface area contributed by atoms with Gasteiger partial charge in [0, 0.05) is 11.6 Å². The number of hydrogen-bond acceptors (Lipinski definition) is 3. The van der Waals surface area contributed by atoms with Crippen LogP contribution in [0.15, 0.2) is 12.1 Å². The normalized spacial score (nSPS) is 23.7. The van der Waals surface area contributed by atoms with Crippen LogP contribution in [0, 0.1) is 11.6 Å². The highest BCUT2D eigenvalue weighted by atomic mass is 35.5. The van der Waals surface area contributed by atoms with Crippen LogP contribution in [-0.4, -0.2) is 17.8 Å². The minimum absolute atomic E-state index is 0. The Balaban J connectivity index is 0.00000112. The summed E-state index contributed by atoms with van der Waals surface area (Å²) in [6.07, 6.45) is -1.08. The Hall–Kier alpha value is -0.910. The first-order valence-corrected chi connectivity index (χ1v) is 4.15. The van der Waals surface area contributed by atoms with Gasteiger partial charge in [0.15, 0.2) is 11.6 Å². The summed E-state index contributed by atoms with van der Waals surface area (Å²) >= 11 is 0. The molecule has 1 heterocycles. The molecule has 0 bridgehead atoms. The van der Waals surface area contributed by atoms with Crippen molar-refractivity contribution in [1.82, 2.24) is 0 Å². The summed E-state index contributed by atoms with van der Waals surface area (Å²) in [6, 6.07) is 1.09. The molecule has 2 rings (SSSR count). The summed E-state index contributed by atoms with van der Waals surface area (Å²) in [5.74, 6) is -1.68. The van der Waals surface area contributed by atoms with Gasteiger partial charge in [-0.1, -0.05) is 0 Å². The zero-order chi connectivity index (χ0) is 10.3. The lowest BCUT2D eigenvalue weighted by Crippen LogP contribution is -2.38. The molecule has 0 amide bonds. The van der Waals surface area contributed by atoms with Crippen molar-refractivity contribution < 1.29 is 18.6 Å². The molecule has 1 aromatic carbocycles. The Morgan fingerprint density at radius 3 is 2.73 bits per heavy atom. The van der Waals surface area contributed by atoms with Gasteiger partial charge >= 0.3 is 0 Å². The Bertz CT molecular complexity index is 375. The fourth-order valence-corrected chi connectivity index (χ4v) is 1.45. The van der Waals surface area contributed by atoms with Crippen molar-refractivity contribution in [3.8, 4) is 5.75 Å². The molecule has 0 aromatic heterocycles. The van der Waals surface area contributed by atoms with Gasteiger partial charge in [-0.25, -0.2) is 8.78 Å². The highest BCUT2D eigenvalue weighted by Gasteiger charge is 2.29. The van der Waals surface area contributed by atoms with Crippen LogP contribution in [0.4, 0.5) is 8.78 Å². The first-order valence-electron chi connectivity index (χ1n) is 4.15. The van der Waals surface area contributed by atoms with Crippen LogP contribution in [-0.2, 0) is 0 Å². The summed E-state index contributed by atoms with van der Waals surface area (Å²) in [5, 5.41) is 9.54. The van der Waals surface area contributed by atoms with E-state index in [-0.39, 0.29) is 30.3 Å². The maximum atomic E-state index is 13.1. The molecule has 0 spiro atoms. The Kier molecular flexibility index (Phi) is 3.49. The van der Waals surface area contributed by atoms with Gasteiger partial charge in [-0.05, 0) is 6.07 Å². The standard InChI is InChI=1S/C9H9F2NO2.ClH/c10-4-1-5-8(13)7(12)3-14-9(5)6(11)2-4;/h1-2,7-8,13H,3,12H2;1H/t7-,8?;/m0./s1. The van der Waals surface area contributed by atoms with Crippen LogP contribution < -0.4 is 10.5 Å². The van der Waals surface area contributed by atoms with Crippen LogP contribution in [0.2, 0.25) is 0 Å². The minimum atomic E-state index is -1.08. The monoisotopic (exact) mass is 237 g/mol. The van der Waals surface area contributed by atoms with Crippen LogP contribution in [0.1, 0.15) is 11.7 Å². The number of benzene rings is 1. The number of aliphatic hydroxyl groups excluding tert-OH is 1. The van der Waals surface area contributed by atoms with E-state index in [1.54, 1.807) is 0 Å². The van der Waals surface area contributed by atoms with Crippen molar-refractivity contribution in [3.63, 3.8) is 0 Å². The Labute approximate surface area is 91.3 Å². The predicted molar refractivity (Wildman–Crippen MR) is 52.0 cm³/mol. The van der Waals surface area contributed by atoms with Gasteiger partial charge in [-0.3, -0.25) is 0 Å². The van der Waals surface area contributed by atoms with Crippen molar-refractivity contribution in [2.75, 3.05) is 6.61 Å². The number of hydrogen-bond donors (Lipinski definition) is 2. The second-order valence-corrected chi connectivity index (χ2v) is 3.23. The van der Waals surface area contributed by atoms with E-state index in [4.69, 9.17) is 10.5 Å². The quantitative estimate of drug-likeness (QED) is 0.712. The van der Waals surface area contributed by atoms with Crippen molar-refractivity contribution in [2.45, 2.75) is 12.1 Å². The van der Waals surface area contributed by atoms with Gasteiger partial charge in [0.1, 0.15) is 18.5 Å². The smallest absolute Gasteiger partial charge is 0.168 e. The molecule has 6 heteroatoms. The number of nitrogens with two attached hydrogens (primary N) is 1. The molecule has 1 aromatic rings. The molecule has 0 saturated heterocycles. The second kappa shape index (κ2) is 4.30. The first-order chi connectivity index (χ1) is 6.59. The van der Waals surface area contributed by atoms with E-state index in [1.165, 1.54) is 0 Å². The molecule has 1 aliphatic rings. The lowest BCUT2D eigenvalue weighted by atomic mass is 9.99. The van der Waals surface area contributed by atoms with Gasteiger partial charge in [0.05, 0.1) is 6.04 Å². The third kappa shape index (κ3) is 2.04. The molecule has 15 heavy (non-hydrogen) atoms. The molecule has 2 atom stereocenters. The molecule has 3 N–H and O–H groups in total. The molecule has 1 unspecified atom stereocenters. The number of aliphatic hydroxyl groups is 1. The highest BCUT2D eigenvalue weighted by Crippen LogP contribution is 2.34. The number of rotatable bonds is 0. The Morgan fingerprint density at radius 1 is 1.40 bits per heavy atom. The van der Waals surface area contributed by atoms with Crippen molar-refractivity contribution >= 4 is 12.4 Å². The third-order valence-corrected chi connectivity index (χ3v) is 2.18. The average Bonchev–Trinajstić information content (AvgIpc) is 2.12. The fraction of sp³-hybridized carbons (Fsp3) is 0.333. The van der Waals surface area contributed by atoms with E-state index < -0.39 is 23.8 Å². The SMILES string of the molecule is Cl.N[C@H]1COc2c(F)cc(F)cc2C1O. The summed E-state index contributed by atoms with van der Waals surface area (Å²) < 4.78 is 30.9. The molecule has 84 valence electrons. The van der Waals surface area contributed by atoms with E-state index in [1.807, 2.05) is 0 Å². The number of ether oxygens (including phenoxy) is 1. The fourth-order valence-electron chi connectivity index (χ4n) is 1.45.